The van der Waals surface area contributed by atoms with Crippen LogP contribution >= 0.6 is 11.3 Å². The summed E-state index contributed by atoms with van der Waals surface area (Å²) in [5, 5.41) is 8.50. The molecule has 0 spiro atoms. The van der Waals surface area contributed by atoms with Gasteiger partial charge in [0.2, 0.25) is 11.8 Å². The Morgan fingerprint density at radius 2 is 1.52 bits per heavy atom. The number of hydrogen-bond acceptors (Lipinski definition) is 4. The van der Waals surface area contributed by atoms with Gasteiger partial charge >= 0.3 is 0 Å². The number of benzene rings is 2. The molecule has 0 aliphatic heterocycles. The molecule has 0 atom stereocenters. The van der Waals surface area contributed by atoms with E-state index in [0.29, 0.717) is 12.3 Å². The maximum atomic E-state index is 12.3. The van der Waals surface area contributed by atoms with Crippen LogP contribution in [-0.2, 0) is 16.0 Å². The fourth-order valence-corrected chi connectivity index (χ4v) is 3.61. The van der Waals surface area contributed by atoms with Crippen LogP contribution in [0, 0.1) is 12.8 Å². The second-order valence-corrected chi connectivity index (χ2v) is 8.38. The van der Waals surface area contributed by atoms with Crippen LogP contribution < -0.4 is 10.6 Å². The lowest BCUT2D eigenvalue weighted by molar-refractivity contribution is -0.117. The van der Waals surface area contributed by atoms with Crippen LogP contribution in [0.1, 0.15) is 30.8 Å². The number of carbonyl (C=O) groups excluding carboxylic acids is 2. The van der Waals surface area contributed by atoms with Gasteiger partial charge in [0.25, 0.3) is 0 Å². The van der Waals surface area contributed by atoms with Gasteiger partial charge in [0.15, 0.2) is 0 Å². The lowest BCUT2D eigenvalue weighted by atomic mass is 10.1. The van der Waals surface area contributed by atoms with Gasteiger partial charge in [-0.05, 0) is 37.1 Å². The van der Waals surface area contributed by atoms with Crippen LogP contribution in [0.3, 0.4) is 0 Å². The minimum Gasteiger partial charge on any atom is -0.326 e. The maximum absolute atomic E-state index is 12.3. The normalized spacial score (nSPS) is 10.8. The topological polar surface area (TPSA) is 71.1 Å². The van der Waals surface area contributed by atoms with Crippen molar-refractivity contribution < 1.29 is 9.59 Å². The van der Waals surface area contributed by atoms with Crippen LogP contribution in [0.15, 0.2) is 53.9 Å². The summed E-state index contributed by atoms with van der Waals surface area (Å²) < 4.78 is 0. The summed E-state index contributed by atoms with van der Waals surface area (Å²) in [6, 6.07) is 15.3. The van der Waals surface area contributed by atoms with Gasteiger partial charge < -0.3 is 10.6 Å². The summed E-state index contributed by atoms with van der Waals surface area (Å²) in [4.78, 5) is 28.7. The fraction of sp³-hybridized carbons (Fsp3) is 0.261. The van der Waals surface area contributed by atoms with Gasteiger partial charge in [-0.25, -0.2) is 4.98 Å². The molecule has 0 radical (unpaired) electrons. The van der Waals surface area contributed by atoms with Crippen LogP contribution in [-0.4, -0.2) is 16.8 Å². The molecule has 5 nitrogen and oxygen atoms in total. The number of nitrogens with one attached hydrogen (secondary N) is 2. The van der Waals surface area contributed by atoms with E-state index >= 15 is 0 Å². The van der Waals surface area contributed by atoms with Crippen molar-refractivity contribution in [3.63, 3.8) is 0 Å². The number of hydrogen-bond donors (Lipinski definition) is 2. The van der Waals surface area contributed by atoms with E-state index in [9.17, 15) is 9.59 Å². The van der Waals surface area contributed by atoms with Crippen molar-refractivity contribution in [2.75, 3.05) is 10.6 Å². The molecule has 3 rings (SSSR count). The van der Waals surface area contributed by atoms with Crippen LogP contribution in [0.25, 0.3) is 11.3 Å². The number of nitrogens with zero attached hydrogens (tertiary/aromatic N) is 1. The minimum absolute atomic E-state index is 0.0169. The summed E-state index contributed by atoms with van der Waals surface area (Å²) in [6.45, 7) is 6.04. The van der Waals surface area contributed by atoms with Gasteiger partial charge in [-0.15, -0.1) is 11.3 Å². The lowest BCUT2D eigenvalue weighted by Gasteiger charge is -2.07. The molecule has 1 aromatic heterocycles. The molecule has 0 aliphatic rings. The third-order valence-electron chi connectivity index (χ3n) is 4.26. The molecule has 0 bridgehead atoms. The smallest absolute Gasteiger partial charge is 0.231 e. The second-order valence-electron chi connectivity index (χ2n) is 7.44. The molecule has 150 valence electrons. The first kappa shape index (κ1) is 20.7. The Morgan fingerprint density at radius 3 is 2.14 bits per heavy atom. The van der Waals surface area contributed by atoms with Crippen molar-refractivity contribution in [2.24, 2.45) is 5.92 Å². The summed E-state index contributed by atoms with van der Waals surface area (Å²) in [5.41, 5.74) is 4.49. The minimum atomic E-state index is -0.0852. The number of thiazole rings is 1. The van der Waals surface area contributed by atoms with E-state index in [1.807, 2.05) is 74.7 Å². The molecule has 0 aliphatic carbocycles. The third-order valence-corrected chi connectivity index (χ3v) is 5.11. The average Bonchev–Trinajstić information content (AvgIpc) is 3.12. The van der Waals surface area contributed by atoms with Gasteiger partial charge in [-0.1, -0.05) is 43.7 Å². The molecule has 0 unspecified atom stereocenters. The highest BCUT2D eigenvalue weighted by atomic mass is 32.1. The van der Waals surface area contributed by atoms with Gasteiger partial charge in [-0.3, -0.25) is 9.59 Å². The summed E-state index contributed by atoms with van der Waals surface area (Å²) >= 11 is 1.47. The molecule has 0 saturated carbocycles. The first-order valence-corrected chi connectivity index (χ1v) is 10.5. The van der Waals surface area contributed by atoms with Gasteiger partial charge in [0.1, 0.15) is 5.01 Å². The monoisotopic (exact) mass is 407 g/mol. The molecule has 0 saturated heterocycles. The van der Waals surface area contributed by atoms with Gasteiger partial charge in [-0.2, -0.15) is 0 Å². The highest BCUT2D eigenvalue weighted by molar-refractivity contribution is 7.10. The Labute approximate surface area is 175 Å². The molecule has 2 aromatic carbocycles. The quantitative estimate of drug-likeness (QED) is 0.559. The van der Waals surface area contributed by atoms with E-state index in [1.165, 1.54) is 11.3 Å². The van der Waals surface area contributed by atoms with Crippen LogP contribution in [0.5, 0.6) is 0 Å². The Morgan fingerprint density at radius 1 is 0.931 bits per heavy atom. The highest BCUT2D eigenvalue weighted by Crippen LogP contribution is 2.24. The molecule has 3 aromatic rings. The Hall–Kier alpha value is -2.99. The fourth-order valence-electron chi connectivity index (χ4n) is 2.81. The Kier molecular flexibility index (Phi) is 6.77. The zero-order valence-corrected chi connectivity index (χ0v) is 17.7. The van der Waals surface area contributed by atoms with Crippen molar-refractivity contribution in [3.05, 3.63) is 64.5 Å². The summed E-state index contributed by atoms with van der Waals surface area (Å²) in [5.74, 6) is 0.257. The largest absolute Gasteiger partial charge is 0.326 e. The van der Waals surface area contributed by atoms with Crippen LogP contribution in [0.2, 0.25) is 0 Å². The number of aryl methyl sites for hydroxylation is 1. The Balaban J connectivity index is 1.58. The molecular weight excluding hydrogens is 382 g/mol. The molecular formula is C23H25N3O2S. The number of amides is 2. The molecule has 6 heteroatoms. The van der Waals surface area contributed by atoms with E-state index in [2.05, 4.69) is 15.6 Å². The number of rotatable bonds is 7. The van der Waals surface area contributed by atoms with Gasteiger partial charge in [0, 0.05) is 28.7 Å². The van der Waals surface area contributed by atoms with Crippen molar-refractivity contribution in [3.8, 4) is 11.3 Å². The van der Waals surface area contributed by atoms with E-state index in [0.717, 1.165) is 33.2 Å². The van der Waals surface area contributed by atoms with Crippen molar-refractivity contribution >= 4 is 34.5 Å². The van der Waals surface area contributed by atoms with Crippen LogP contribution in [0.4, 0.5) is 11.4 Å². The number of anilines is 2. The molecule has 2 N–H and O–H groups in total. The van der Waals surface area contributed by atoms with Gasteiger partial charge in [0.05, 0.1) is 12.1 Å². The standard InChI is InChI=1S/C23H25N3O2S/c1-15(2)12-21(27)24-19-10-6-17(7-11-19)20-14-29-23(26-20)13-22(28)25-18-8-4-16(3)5-9-18/h4-11,14-15H,12-13H2,1-3H3,(H,24,27)(H,25,28). The van der Waals surface area contributed by atoms with E-state index in [1.54, 1.807) is 0 Å². The first-order valence-electron chi connectivity index (χ1n) is 9.60. The summed E-state index contributed by atoms with van der Waals surface area (Å²) in [6.07, 6.45) is 0.740. The van der Waals surface area contributed by atoms with E-state index < -0.39 is 0 Å². The average molecular weight is 408 g/mol. The predicted molar refractivity (Wildman–Crippen MR) is 119 cm³/mol. The Bertz CT molecular complexity index is 976. The van der Waals surface area contributed by atoms with Crippen molar-refractivity contribution in [2.45, 2.75) is 33.6 Å². The van der Waals surface area contributed by atoms with E-state index in [-0.39, 0.29) is 18.2 Å². The van der Waals surface area contributed by atoms with Crippen molar-refractivity contribution in [1.82, 2.24) is 4.98 Å². The molecule has 0 fully saturated rings. The molecule has 1 heterocycles. The number of aromatic nitrogens is 1. The zero-order chi connectivity index (χ0) is 20.8. The highest BCUT2D eigenvalue weighted by Gasteiger charge is 2.10. The van der Waals surface area contributed by atoms with E-state index in [4.69, 9.17) is 0 Å². The summed E-state index contributed by atoms with van der Waals surface area (Å²) in [7, 11) is 0. The zero-order valence-electron chi connectivity index (χ0n) is 16.9. The van der Waals surface area contributed by atoms with Crippen molar-refractivity contribution in [1.29, 1.82) is 0 Å². The SMILES string of the molecule is Cc1ccc(NC(=O)Cc2nc(-c3ccc(NC(=O)CC(C)C)cc3)cs2)cc1. The molecule has 2 amide bonds. The molecule has 29 heavy (non-hydrogen) atoms. The maximum Gasteiger partial charge on any atom is 0.231 e. The first-order chi connectivity index (χ1) is 13.9. The second kappa shape index (κ2) is 9.47. The lowest BCUT2D eigenvalue weighted by Crippen LogP contribution is -2.14. The third kappa shape index (κ3) is 6.26. The number of carbonyl (C=O) groups is 2. The predicted octanol–water partition coefficient (Wildman–Crippen LogP) is 5.28.